The Kier molecular flexibility index (Phi) is 5.23. The van der Waals surface area contributed by atoms with Gasteiger partial charge in [0.15, 0.2) is 5.71 Å². The molecule has 1 heterocycles. The summed E-state index contributed by atoms with van der Waals surface area (Å²) in [5, 5.41) is 7.85. The monoisotopic (exact) mass is 396 g/mol. The predicted octanol–water partition coefficient (Wildman–Crippen LogP) is 5.37. The van der Waals surface area contributed by atoms with E-state index in [4.69, 9.17) is 39.5 Å². The van der Waals surface area contributed by atoms with Crippen LogP contribution in [0.5, 0.6) is 0 Å². The van der Waals surface area contributed by atoms with Crippen molar-refractivity contribution in [3.63, 3.8) is 0 Å². The third-order valence-electron chi connectivity index (χ3n) is 4.15. The summed E-state index contributed by atoms with van der Waals surface area (Å²) in [5.41, 5.74) is 1.97. The van der Waals surface area contributed by atoms with Gasteiger partial charge >= 0.3 is 5.97 Å². The van der Waals surface area contributed by atoms with Gasteiger partial charge in [0, 0.05) is 16.0 Å². The van der Waals surface area contributed by atoms with Crippen molar-refractivity contribution < 1.29 is 9.53 Å². The van der Waals surface area contributed by atoms with E-state index < -0.39 is 5.97 Å². The molecule has 0 saturated carbocycles. The van der Waals surface area contributed by atoms with Crippen LogP contribution in [0.25, 0.3) is 0 Å². The first-order valence-electron chi connectivity index (χ1n) is 7.59. The summed E-state index contributed by atoms with van der Waals surface area (Å²) in [7, 11) is 1.34. The average Bonchev–Trinajstić information content (AvgIpc) is 2.92. The number of carbonyl (C=O) groups excluding carboxylic acids is 1. The van der Waals surface area contributed by atoms with Crippen molar-refractivity contribution in [2.45, 2.75) is 13.0 Å². The van der Waals surface area contributed by atoms with Gasteiger partial charge < -0.3 is 4.74 Å². The lowest BCUT2D eigenvalue weighted by Crippen LogP contribution is -2.26. The molecule has 0 amide bonds. The normalized spacial score (nSPS) is 19.7. The molecule has 2 atom stereocenters. The van der Waals surface area contributed by atoms with Gasteiger partial charge in [-0.05, 0) is 35.9 Å². The van der Waals surface area contributed by atoms with E-state index in [1.165, 1.54) is 7.11 Å². The van der Waals surface area contributed by atoms with Crippen LogP contribution < -0.4 is 5.01 Å². The van der Waals surface area contributed by atoms with Gasteiger partial charge in [-0.1, -0.05) is 53.9 Å². The Balaban J connectivity index is 2.10. The van der Waals surface area contributed by atoms with Crippen LogP contribution in [0, 0.1) is 5.92 Å². The Bertz CT molecular complexity index is 837. The molecule has 1 aliphatic heterocycles. The quantitative estimate of drug-likeness (QED) is 0.654. The summed E-state index contributed by atoms with van der Waals surface area (Å²) in [6.07, 6.45) is 0. The van der Waals surface area contributed by atoms with Crippen LogP contribution in [-0.4, -0.2) is 18.8 Å². The van der Waals surface area contributed by atoms with Crippen LogP contribution in [0.4, 0.5) is 5.69 Å². The van der Waals surface area contributed by atoms with Crippen molar-refractivity contribution in [1.29, 1.82) is 0 Å². The second-order valence-electron chi connectivity index (χ2n) is 5.70. The van der Waals surface area contributed by atoms with E-state index in [-0.39, 0.29) is 12.0 Å². The highest BCUT2D eigenvalue weighted by molar-refractivity contribution is 6.39. The zero-order valence-corrected chi connectivity index (χ0v) is 15.8. The van der Waals surface area contributed by atoms with E-state index in [0.717, 1.165) is 5.56 Å². The molecule has 0 bridgehead atoms. The Morgan fingerprint density at radius 3 is 2.32 bits per heavy atom. The molecule has 0 fully saturated rings. The van der Waals surface area contributed by atoms with E-state index in [2.05, 4.69) is 5.10 Å². The molecule has 0 aliphatic carbocycles. The standard InChI is InChI=1S/C18H15Cl3N2O2/c1-10-16(18(24)25-2)22-23(15-8-7-13(20)9-14(15)21)17(10)11-3-5-12(19)6-4-11/h3-10,17H,1-2H3/t10-,17+/m0/s1. The summed E-state index contributed by atoms with van der Waals surface area (Å²) < 4.78 is 4.87. The minimum absolute atomic E-state index is 0.194. The fraction of sp³-hybridized carbons (Fsp3) is 0.222. The molecule has 0 N–H and O–H groups in total. The molecular formula is C18H15Cl3N2O2. The zero-order chi connectivity index (χ0) is 18.1. The van der Waals surface area contributed by atoms with E-state index in [0.29, 0.717) is 26.5 Å². The number of methoxy groups -OCH3 is 1. The smallest absolute Gasteiger partial charge is 0.354 e. The summed E-state index contributed by atoms with van der Waals surface area (Å²) >= 11 is 18.4. The second-order valence-corrected chi connectivity index (χ2v) is 6.98. The van der Waals surface area contributed by atoms with Gasteiger partial charge in [0.2, 0.25) is 0 Å². The fourth-order valence-corrected chi connectivity index (χ4v) is 3.54. The van der Waals surface area contributed by atoms with Gasteiger partial charge in [-0.2, -0.15) is 5.10 Å². The molecule has 130 valence electrons. The SMILES string of the molecule is COC(=O)C1=NN(c2ccc(Cl)cc2Cl)[C@@H](c2ccc(Cl)cc2)[C@H]1C. The average molecular weight is 398 g/mol. The maximum atomic E-state index is 12.1. The molecule has 2 aromatic rings. The first-order chi connectivity index (χ1) is 11.9. The summed E-state index contributed by atoms with van der Waals surface area (Å²) in [6.45, 7) is 1.93. The van der Waals surface area contributed by atoms with Gasteiger partial charge in [-0.15, -0.1) is 0 Å². The Morgan fingerprint density at radius 2 is 1.72 bits per heavy atom. The number of anilines is 1. The number of ether oxygens (including phenoxy) is 1. The third kappa shape index (κ3) is 3.47. The van der Waals surface area contributed by atoms with Crippen LogP contribution in [-0.2, 0) is 9.53 Å². The van der Waals surface area contributed by atoms with Gasteiger partial charge in [0.05, 0.1) is 23.9 Å². The Hall–Kier alpha value is -1.75. The number of hydrogen-bond acceptors (Lipinski definition) is 4. The first kappa shape index (κ1) is 18.1. The minimum atomic E-state index is -0.459. The van der Waals surface area contributed by atoms with E-state index >= 15 is 0 Å². The van der Waals surface area contributed by atoms with E-state index in [9.17, 15) is 4.79 Å². The summed E-state index contributed by atoms with van der Waals surface area (Å²) in [4.78, 5) is 12.1. The van der Waals surface area contributed by atoms with Crippen LogP contribution >= 0.6 is 34.8 Å². The molecule has 0 saturated heterocycles. The van der Waals surface area contributed by atoms with Crippen LogP contribution in [0.1, 0.15) is 18.5 Å². The molecule has 2 aromatic carbocycles. The van der Waals surface area contributed by atoms with Crippen molar-refractivity contribution in [2.24, 2.45) is 11.0 Å². The van der Waals surface area contributed by atoms with Gasteiger partial charge in [0.1, 0.15) is 0 Å². The molecule has 0 radical (unpaired) electrons. The number of esters is 1. The molecule has 3 rings (SSSR count). The van der Waals surface area contributed by atoms with Gasteiger partial charge in [-0.3, -0.25) is 5.01 Å². The van der Waals surface area contributed by atoms with Crippen molar-refractivity contribution in [3.05, 3.63) is 63.1 Å². The molecule has 25 heavy (non-hydrogen) atoms. The molecule has 4 nitrogen and oxygen atoms in total. The highest BCUT2D eigenvalue weighted by Gasteiger charge is 2.40. The van der Waals surface area contributed by atoms with Crippen LogP contribution in [0.2, 0.25) is 15.1 Å². The number of hydrazone groups is 1. The Labute approximate surface area is 160 Å². The zero-order valence-electron chi connectivity index (χ0n) is 13.5. The molecular weight excluding hydrogens is 383 g/mol. The van der Waals surface area contributed by atoms with Crippen molar-refractivity contribution in [3.8, 4) is 0 Å². The maximum Gasteiger partial charge on any atom is 0.354 e. The molecule has 7 heteroatoms. The summed E-state index contributed by atoms with van der Waals surface area (Å²) in [6, 6.07) is 12.4. The van der Waals surface area contributed by atoms with Crippen LogP contribution in [0.15, 0.2) is 47.6 Å². The number of benzene rings is 2. The van der Waals surface area contributed by atoms with Crippen molar-refractivity contribution in [2.75, 3.05) is 12.1 Å². The topological polar surface area (TPSA) is 41.9 Å². The lowest BCUT2D eigenvalue weighted by Gasteiger charge is -2.27. The minimum Gasteiger partial charge on any atom is -0.464 e. The highest BCUT2D eigenvalue weighted by atomic mass is 35.5. The number of rotatable bonds is 3. The second kappa shape index (κ2) is 7.24. The number of nitrogens with zero attached hydrogens (tertiary/aromatic N) is 2. The first-order valence-corrected chi connectivity index (χ1v) is 8.72. The number of hydrogen-bond donors (Lipinski definition) is 0. The fourth-order valence-electron chi connectivity index (χ4n) is 2.92. The third-order valence-corrected chi connectivity index (χ3v) is 4.94. The lowest BCUT2D eigenvalue weighted by atomic mass is 9.91. The number of halogens is 3. The van der Waals surface area contributed by atoms with Crippen LogP contribution in [0.3, 0.4) is 0 Å². The van der Waals surface area contributed by atoms with Crippen molar-refractivity contribution >= 4 is 52.2 Å². The molecule has 0 aromatic heterocycles. The van der Waals surface area contributed by atoms with Gasteiger partial charge in [-0.25, -0.2) is 4.79 Å². The predicted molar refractivity (Wildman–Crippen MR) is 102 cm³/mol. The number of carbonyl (C=O) groups is 1. The lowest BCUT2D eigenvalue weighted by molar-refractivity contribution is -0.133. The van der Waals surface area contributed by atoms with Gasteiger partial charge in [0.25, 0.3) is 0 Å². The molecule has 1 aliphatic rings. The van der Waals surface area contributed by atoms with Crippen molar-refractivity contribution in [1.82, 2.24) is 0 Å². The van der Waals surface area contributed by atoms with E-state index in [1.807, 2.05) is 19.1 Å². The van der Waals surface area contributed by atoms with E-state index in [1.54, 1.807) is 35.3 Å². The molecule has 0 spiro atoms. The highest BCUT2D eigenvalue weighted by Crippen LogP contribution is 2.42. The molecule has 0 unspecified atom stereocenters. The summed E-state index contributed by atoms with van der Waals surface area (Å²) in [5.74, 6) is -0.653. The largest absolute Gasteiger partial charge is 0.464 e. The Morgan fingerprint density at radius 1 is 1.08 bits per heavy atom. The maximum absolute atomic E-state index is 12.1.